The largest absolute Gasteiger partial charge is 0.486 e. The van der Waals surface area contributed by atoms with Gasteiger partial charge in [-0.3, -0.25) is 4.79 Å². The van der Waals surface area contributed by atoms with Crippen molar-refractivity contribution in [2.75, 3.05) is 38.2 Å². The van der Waals surface area contributed by atoms with Crippen molar-refractivity contribution in [3.05, 3.63) is 18.2 Å². The van der Waals surface area contributed by atoms with Crippen LogP contribution in [0.15, 0.2) is 18.2 Å². The van der Waals surface area contributed by atoms with E-state index < -0.39 is 0 Å². The molecular weight excluding hydrogens is 256 g/mol. The van der Waals surface area contributed by atoms with Crippen LogP contribution in [0.25, 0.3) is 0 Å². The number of ether oxygens (including phenoxy) is 2. The number of carbonyl (C=O) groups excluding carboxylic acids is 1. The van der Waals surface area contributed by atoms with E-state index in [9.17, 15) is 4.79 Å². The van der Waals surface area contributed by atoms with Crippen molar-refractivity contribution in [3.8, 4) is 11.5 Å². The van der Waals surface area contributed by atoms with Gasteiger partial charge in [0.1, 0.15) is 13.2 Å². The Balaban J connectivity index is 1.88. The van der Waals surface area contributed by atoms with E-state index in [4.69, 9.17) is 9.47 Å². The molecule has 0 radical (unpaired) electrons. The van der Waals surface area contributed by atoms with Crippen LogP contribution in [0.2, 0.25) is 0 Å². The number of amides is 1. The van der Waals surface area contributed by atoms with Crippen LogP contribution in [-0.4, -0.2) is 43.7 Å². The minimum atomic E-state index is 0.0218. The summed E-state index contributed by atoms with van der Waals surface area (Å²) in [7, 11) is 0. The lowest BCUT2D eigenvalue weighted by molar-refractivity contribution is -0.116. The number of benzene rings is 1. The monoisotopic (exact) mass is 278 g/mol. The van der Waals surface area contributed by atoms with Gasteiger partial charge in [-0.25, -0.2) is 0 Å². The van der Waals surface area contributed by atoms with Crippen molar-refractivity contribution in [1.82, 2.24) is 4.90 Å². The lowest BCUT2D eigenvalue weighted by Gasteiger charge is -2.19. The van der Waals surface area contributed by atoms with Gasteiger partial charge in [0.25, 0.3) is 0 Å². The number of hydrogen-bond donors (Lipinski definition) is 1. The van der Waals surface area contributed by atoms with Crippen LogP contribution in [0.3, 0.4) is 0 Å². The summed E-state index contributed by atoms with van der Waals surface area (Å²) in [6, 6.07) is 5.47. The molecule has 1 aromatic rings. The van der Waals surface area contributed by atoms with Gasteiger partial charge in [-0.1, -0.05) is 13.8 Å². The molecule has 0 aromatic heterocycles. The van der Waals surface area contributed by atoms with E-state index in [0.29, 0.717) is 25.4 Å². The van der Waals surface area contributed by atoms with E-state index >= 15 is 0 Å². The molecule has 0 bridgehead atoms. The normalized spacial score (nSPS) is 13.3. The Hall–Kier alpha value is -1.75. The molecule has 2 rings (SSSR count). The van der Waals surface area contributed by atoms with Crippen molar-refractivity contribution >= 4 is 11.6 Å². The Kier molecular flexibility index (Phi) is 5.24. The van der Waals surface area contributed by atoms with Crippen molar-refractivity contribution in [2.45, 2.75) is 20.3 Å². The Labute approximate surface area is 119 Å². The molecule has 0 saturated carbocycles. The zero-order valence-corrected chi connectivity index (χ0v) is 12.1. The molecule has 1 aliphatic rings. The van der Waals surface area contributed by atoms with Gasteiger partial charge < -0.3 is 19.7 Å². The molecule has 0 aliphatic carbocycles. The Morgan fingerprint density at radius 2 is 1.90 bits per heavy atom. The summed E-state index contributed by atoms with van der Waals surface area (Å²) < 4.78 is 10.9. The summed E-state index contributed by atoms with van der Waals surface area (Å²) in [5.74, 6) is 1.45. The molecule has 1 N–H and O–H groups in total. The van der Waals surface area contributed by atoms with Gasteiger partial charge in [0.05, 0.1) is 0 Å². The van der Waals surface area contributed by atoms with E-state index in [2.05, 4.69) is 24.1 Å². The number of hydrogen-bond acceptors (Lipinski definition) is 4. The summed E-state index contributed by atoms with van der Waals surface area (Å²) in [5.41, 5.74) is 0.749. The summed E-state index contributed by atoms with van der Waals surface area (Å²) in [6.45, 7) is 8.03. The number of fused-ring (bicyclic) bond motifs is 1. The third kappa shape index (κ3) is 3.87. The fourth-order valence-corrected chi connectivity index (χ4v) is 2.14. The highest BCUT2D eigenvalue weighted by atomic mass is 16.6. The van der Waals surface area contributed by atoms with E-state index in [-0.39, 0.29) is 5.91 Å². The highest BCUT2D eigenvalue weighted by molar-refractivity contribution is 5.91. The van der Waals surface area contributed by atoms with Crippen LogP contribution < -0.4 is 14.8 Å². The number of carbonyl (C=O) groups is 1. The van der Waals surface area contributed by atoms with E-state index in [0.717, 1.165) is 31.1 Å². The van der Waals surface area contributed by atoms with Gasteiger partial charge in [0, 0.05) is 24.7 Å². The molecule has 1 aromatic carbocycles. The lowest BCUT2D eigenvalue weighted by Crippen LogP contribution is -2.27. The molecule has 5 nitrogen and oxygen atoms in total. The molecule has 0 spiro atoms. The van der Waals surface area contributed by atoms with E-state index in [1.807, 2.05) is 18.2 Å². The second-order valence-electron chi connectivity index (χ2n) is 4.68. The van der Waals surface area contributed by atoms with Crippen molar-refractivity contribution < 1.29 is 14.3 Å². The second kappa shape index (κ2) is 7.14. The molecule has 110 valence electrons. The summed E-state index contributed by atoms with van der Waals surface area (Å²) in [5, 5.41) is 2.89. The van der Waals surface area contributed by atoms with E-state index in [1.165, 1.54) is 0 Å². The van der Waals surface area contributed by atoms with Crippen molar-refractivity contribution in [1.29, 1.82) is 0 Å². The Morgan fingerprint density at radius 1 is 1.20 bits per heavy atom. The van der Waals surface area contributed by atoms with Gasteiger partial charge in [-0.05, 0) is 25.2 Å². The quantitative estimate of drug-likeness (QED) is 0.866. The molecule has 0 saturated heterocycles. The summed E-state index contributed by atoms with van der Waals surface area (Å²) >= 11 is 0. The number of nitrogens with one attached hydrogen (secondary N) is 1. The van der Waals surface area contributed by atoms with Gasteiger partial charge in [0.15, 0.2) is 11.5 Å². The summed E-state index contributed by atoms with van der Waals surface area (Å²) in [4.78, 5) is 14.1. The second-order valence-corrected chi connectivity index (χ2v) is 4.68. The predicted octanol–water partition coefficient (Wildman–Crippen LogP) is 2.13. The fourth-order valence-electron chi connectivity index (χ4n) is 2.14. The standard InChI is InChI=1S/C15H22N2O3/c1-3-17(4-2)8-7-15(18)16-12-5-6-13-14(11-12)20-10-9-19-13/h5-6,11H,3-4,7-10H2,1-2H3,(H,16,18). The van der Waals surface area contributed by atoms with Crippen LogP contribution in [-0.2, 0) is 4.79 Å². The number of anilines is 1. The Bertz CT molecular complexity index is 458. The molecular formula is C15H22N2O3. The molecule has 1 amide bonds. The van der Waals surface area contributed by atoms with Crippen LogP contribution in [0.4, 0.5) is 5.69 Å². The van der Waals surface area contributed by atoms with Gasteiger partial charge >= 0.3 is 0 Å². The molecule has 5 heteroatoms. The SMILES string of the molecule is CCN(CC)CCC(=O)Nc1ccc2c(c1)OCCO2. The molecule has 0 unspecified atom stereocenters. The van der Waals surface area contributed by atoms with Crippen molar-refractivity contribution in [3.63, 3.8) is 0 Å². The average Bonchev–Trinajstić information content (AvgIpc) is 2.48. The minimum Gasteiger partial charge on any atom is -0.486 e. The van der Waals surface area contributed by atoms with E-state index in [1.54, 1.807) is 0 Å². The highest BCUT2D eigenvalue weighted by Gasteiger charge is 2.13. The lowest BCUT2D eigenvalue weighted by atomic mass is 10.2. The average molecular weight is 278 g/mol. The van der Waals surface area contributed by atoms with Gasteiger partial charge in [-0.2, -0.15) is 0 Å². The molecule has 1 heterocycles. The van der Waals surface area contributed by atoms with Gasteiger partial charge in [-0.15, -0.1) is 0 Å². The van der Waals surface area contributed by atoms with Crippen molar-refractivity contribution in [2.24, 2.45) is 0 Å². The first-order valence-corrected chi connectivity index (χ1v) is 7.14. The van der Waals surface area contributed by atoms with Crippen LogP contribution in [0.1, 0.15) is 20.3 Å². The first-order valence-electron chi connectivity index (χ1n) is 7.14. The summed E-state index contributed by atoms with van der Waals surface area (Å²) in [6.07, 6.45) is 0.496. The smallest absolute Gasteiger partial charge is 0.225 e. The first-order chi connectivity index (χ1) is 9.72. The molecule has 1 aliphatic heterocycles. The topological polar surface area (TPSA) is 50.8 Å². The maximum Gasteiger partial charge on any atom is 0.225 e. The number of nitrogens with zero attached hydrogens (tertiary/aromatic N) is 1. The third-order valence-electron chi connectivity index (χ3n) is 3.38. The minimum absolute atomic E-state index is 0.0218. The molecule has 0 atom stereocenters. The molecule has 0 fully saturated rings. The molecule has 20 heavy (non-hydrogen) atoms. The first kappa shape index (κ1) is 14.7. The predicted molar refractivity (Wildman–Crippen MR) is 78.5 cm³/mol. The van der Waals surface area contributed by atoms with Crippen LogP contribution >= 0.6 is 0 Å². The third-order valence-corrected chi connectivity index (χ3v) is 3.38. The Morgan fingerprint density at radius 3 is 2.60 bits per heavy atom. The maximum absolute atomic E-state index is 11.9. The maximum atomic E-state index is 11.9. The highest BCUT2D eigenvalue weighted by Crippen LogP contribution is 2.32. The fraction of sp³-hybridized carbons (Fsp3) is 0.533. The zero-order chi connectivity index (χ0) is 14.4. The van der Waals surface area contributed by atoms with Crippen LogP contribution in [0.5, 0.6) is 11.5 Å². The van der Waals surface area contributed by atoms with Gasteiger partial charge in [0.2, 0.25) is 5.91 Å². The number of rotatable bonds is 6. The zero-order valence-electron chi connectivity index (χ0n) is 12.1. The van der Waals surface area contributed by atoms with Crippen LogP contribution in [0, 0.1) is 0 Å².